The van der Waals surface area contributed by atoms with Crippen LogP contribution in [0.25, 0.3) is 0 Å². The molecule has 1 aliphatic carbocycles. The van der Waals surface area contributed by atoms with Crippen molar-refractivity contribution in [1.82, 2.24) is 0 Å². The van der Waals surface area contributed by atoms with Gasteiger partial charge in [-0.15, -0.1) is 0 Å². The fourth-order valence-electron chi connectivity index (χ4n) is 2.73. The summed E-state index contributed by atoms with van der Waals surface area (Å²) in [4.78, 5) is 0. The summed E-state index contributed by atoms with van der Waals surface area (Å²) >= 11 is 0. The summed E-state index contributed by atoms with van der Waals surface area (Å²) in [5, 5.41) is 10.1. The molecule has 1 unspecified atom stereocenters. The van der Waals surface area contributed by atoms with Crippen molar-refractivity contribution < 1.29 is 9.84 Å². The van der Waals surface area contributed by atoms with Crippen LogP contribution in [0.5, 0.6) is 5.75 Å². The first-order valence-corrected chi connectivity index (χ1v) is 7.05. The molecule has 0 saturated heterocycles. The molecule has 100 valence electrons. The molecule has 1 aromatic carbocycles. The van der Waals surface area contributed by atoms with E-state index in [0.29, 0.717) is 12.5 Å². The molecule has 2 heteroatoms. The molecule has 0 heterocycles. The van der Waals surface area contributed by atoms with Gasteiger partial charge in [-0.2, -0.15) is 0 Å². The van der Waals surface area contributed by atoms with Crippen LogP contribution < -0.4 is 4.74 Å². The second kappa shape index (κ2) is 6.24. The number of aryl methyl sites for hydroxylation is 2. The lowest BCUT2D eigenvalue weighted by Crippen LogP contribution is -2.20. The van der Waals surface area contributed by atoms with E-state index in [1.165, 1.54) is 31.2 Å². The van der Waals surface area contributed by atoms with E-state index in [0.717, 1.165) is 17.7 Å². The van der Waals surface area contributed by atoms with Gasteiger partial charge in [0.2, 0.25) is 0 Å². The second-order valence-corrected chi connectivity index (χ2v) is 5.52. The molecule has 1 fully saturated rings. The molecule has 0 bridgehead atoms. The van der Waals surface area contributed by atoms with Gasteiger partial charge < -0.3 is 9.84 Å². The molecule has 0 amide bonds. The van der Waals surface area contributed by atoms with E-state index >= 15 is 0 Å². The Bertz CT molecular complexity index is 381. The monoisotopic (exact) mass is 248 g/mol. The molecule has 0 aromatic heterocycles. The number of aliphatic hydroxyl groups is 1. The van der Waals surface area contributed by atoms with E-state index in [2.05, 4.69) is 32.0 Å². The maximum atomic E-state index is 10.1. The van der Waals surface area contributed by atoms with E-state index in [4.69, 9.17) is 4.74 Å². The molecule has 18 heavy (non-hydrogen) atoms. The molecule has 0 radical (unpaired) electrons. The summed E-state index contributed by atoms with van der Waals surface area (Å²) in [6, 6.07) is 6.24. The predicted octanol–water partition coefficient (Wildman–Crippen LogP) is 3.62. The van der Waals surface area contributed by atoms with Gasteiger partial charge in [0.1, 0.15) is 5.75 Å². The lowest BCUT2D eigenvalue weighted by atomic mass is 9.99. The minimum Gasteiger partial charge on any atom is -0.493 e. The fourth-order valence-corrected chi connectivity index (χ4v) is 2.73. The van der Waals surface area contributed by atoms with Crippen molar-refractivity contribution in [3.63, 3.8) is 0 Å². The summed E-state index contributed by atoms with van der Waals surface area (Å²) in [7, 11) is 0. The van der Waals surface area contributed by atoms with Gasteiger partial charge in [-0.25, -0.2) is 0 Å². The van der Waals surface area contributed by atoms with Gasteiger partial charge in [-0.3, -0.25) is 0 Å². The Balaban J connectivity index is 1.79. The smallest absolute Gasteiger partial charge is 0.122 e. The van der Waals surface area contributed by atoms with Crippen LogP contribution in [0.2, 0.25) is 0 Å². The average molecular weight is 248 g/mol. The highest BCUT2D eigenvalue weighted by Crippen LogP contribution is 2.29. The van der Waals surface area contributed by atoms with Crippen molar-refractivity contribution in [3.05, 3.63) is 29.3 Å². The van der Waals surface area contributed by atoms with E-state index in [1.807, 2.05) is 0 Å². The van der Waals surface area contributed by atoms with E-state index in [-0.39, 0.29) is 6.10 Å². The fraction of sp³-hybridized carbons (Fsp3) is 0.625. The third-order valence-electron chi connectivity index (χ3n) is 3.96. The Hall–Kier alpha value is -1.02. The molecule has 1 saturated carbocycles. The van der Waals surface area contributed by atoms with Crippen LogP contribution in [0.4, 0.5) is 0 Å². The maximum absolute atomic E-state index is 10.1. The predicted molar refractivity (Wildman–Crippen MR) is 74.0 cm³/mol. The highest BCUT2D eigenvalue weighted by atomic mass is 16.5. The summed E-state index contributed by atoms with van der Waals surface area (Å²) in [6.45, 7) is 4.74. The van der Waals surface area contributed by atoms with E-state index in [1.54, 1.807) is 0 Å². The van der Waals surface area contributed by atoms with Crippen LogP contribution in [-0.2, 0) is 0 Å². The second-order valence-electron chi connectivity index (χ2n) is 5.52. The van der Waals surface area contributed by atoms with Gasteiger partial charge in [0.15, 0.2) is 0 Å². The summed E-state index contributed by atoms with van der Waals surface area (Å²) < 4.78 is 5.79. The van der Waals surface area contributed by atoms with Gasteiger partial charge in [0.25, 0.3) is 0 Å². The van der Waals surface area contributed by atoms with Gasteiger partial charge in [-0.05, 0) is 49.8 Å². The summed E-state index contributed by atoms with van der Waals surface area (Å²) in [5.41, 5.74) is 2.38. The standard InChI is InChI=1S/C16H24O2/c1-12-7-8-13(2)16(11-12)18-10-9-15(17)14-5-3-4-6-14/h7-8,11,14-15,17H,3-6,9-10H2,1-2H3. The highest BCUT2D eigenvalue weighted by molar-refractivity contribution is 5.35. The molecule has 1 atom stereocenters. The first-order chi connectivity index (χ1) is 8.66. The van der Waals surface area contributed by atoms with Gasteiger partial charge in [-0.1, -0.05) is 25.0 Å². The van der Waals surface area contributed by atoms with Crippen LogP contribution in [0.15, 0.2) is 18.2 Å². The lowest BCUT2D eigenvalue weighted by Gasteiger charge is -2.18. The van der Waals surface area contributed by atoms with Crippen LogP contribution in [0, 0.1) is 19.8 Å². The number of ether oxygens (including phenoxy) is 1. The maximum Gasteiger partial charge on any atom is 0.122 e. The molecule has 1 aromatic rings. The Kier molecular flexibility index (Phi) is 4.65. The Morgan fingerprint density at radius 2 is 2.00 bits per heavy atom. The lowest BCUT2D eigenvalue weighted by molar-refractivity contribution is 0.0852. The zero-order chi connectivity index (χ0) is 13.0. The van der Waals surface area contributed by atoms with Crippen molar-refractivity contribution in [2.45, 2.75) is 52.1 Å². The largest absolute Gasteiger partial charge is 0.493 e. The van der Waals surface area contributed by atoms with Crippen LogP contribution in [0.3, 0.4) is 0 Å². The van der Waals surface area contributed by atoms with Crippen molar-refractivity contribution in [2.75, 3.05) is 6.61 Å². The Morgan fingerprint density at radius 1 is 1.28 bits per heavy atom. The minimum absolute atomic E-state index is 0.183. The number of benzene rings is 1. The minimum atomic E-state index is -0.183. The van der Waals surface area contributed by atoms with Crippen LogP contribution in [0.1, 0.15) is 43.2 Å². The Labute approximate surface area is 110 Å². The van der Waals surface area contributed by atoms with Crippen molar-refractivity contribution in [2.24, 2.45) is 5.92 Å². The first kappa shape index (κ1) is 13.4. The third-order valence-corrected chi connectivity index (χ3v) is 3.96. The highest BCUT2D eigenvalue weighted by Gasteiger charge is 2.22. The first-order valence-electron chi connectivity index (χ1n) is 7.05. The third kappa shape index (κ3) is 3.49. The number of aliphatic hydroxyl groups excluding tert-OH is 1. The molecular formula is C16H24O2. The summed E-state index contributed by atoms with van der Waals surface area (Å²) in [5.74, 6) is 1.46. The quantitative estimate of drug-likeness (QED) is 0.862. The van der Waals surface area contributed by atoms with E-state index in [9.17, 15) is 5.11 Å². The molecule has 0 aliphatic heterocycles. The van der Waals surface area contributed by atoms with Crippen molar-refractivity contribution in [3.8, 4) is 5.75 Å². The van der Waals surface area contributed by atoms with Crippen LogP contribution >= 0.6 is 0 Å². The average Bonchev–Trinajstić information content (AvgIpc) is 2.87. The molecule has 0 spiro atoms. The van der Waals surface area contributed by atoms with Crippen molar-refractivity contribution in [1.29, 1.82) is 0 Å². The molecule has 1 aliphatic rings. The van der Waals surface area contributed by atoms with Gasteiger partial charge in [0, 0.05) is 6.42 Å². The number of hydrogen-bond acceptors (Lipinski definition) is 2. The van der Waals surface area contributed by atoms with Crippen LogP contribution in [-0.4, -0.2) is 17.8 Å². The molecule has 1 N–H and O–H groups in total. The number of hydrogen-bond donors (Lipinski definition) is 1. The molecule has 2 rings (SSSR count). The zero-order valence-corrected chi connectivity index (χ0v) is 11.5. The van der Waals surface area contributed by atoms with E-state index < -0.39 is 0 Å². The van der Waals surface area contributed by atoms with Gasteiger partial charge in [0.05, 0.1) is 12.7 Å². The van der Waals surface area contributed by atoms with Crippen molar-refractivity contribution >= 4 is 0 Å². The molecular weight excluding hydrogens is 224 g/mol. The molecule has 2 nitrogen and oxygen atoms in total. The Morgan fingerprint density at radius 3 is 2.72 bits per heavy atom. The zero-order valence-electron chi connectivity index (χ0n) is 11.5. The topological polar surface area (TPSA) is 29.5 Å². The SMILES string of the molecule is Cc1ccc(C)c(OCCC(O)C2CCCC2)c1. The number of rotatable bonds is 5. The summed E-state index contributed by atoms with van der Waals surface area (Å²) in [6.07, 6.45) is 5.49. The van der Waals surface area contributed by atoms with Gasteiger partial charge >= 0.3 is 0 Å². The normalized spacial score (nSPS) is 17.9.